The Bertz CT molecular complexity index is 242. The maximum absolute atomic E-state index is 2.40. The fourth-order valence-electron chi connectivity index (χ4n) is 1.61. The van der Waals surface area contributed by atoms with Crippen LogP contribution in [-0.2, 0) is 13.0 Å². The monoisotopic (exact) mass is 197 g/mol. The fourth-order valence-corrected chi connectivity index (χ4v) is 2.55. The number of aryl methyl sites for hydroxylation is 1. The lowest BCUT2D eigenvalue weighted by atomic mass is 10.2. The third-order valence-corrected chi connectivity index (χ3v) is 3.24. The quantitative estimate of drug-likeness (QED) is 0.617. The third-order valence-electron chi connectivity index (χ3n) is 2.22. The van der Waals surface area contributed by atoms with Gasteiger partial charge in [-0.05, 0) is 43.4 Å². The van der Waals surface area contributed by atoms with Gasteiger partial charge >= 0.3 is 0 Å². The van der Waals surface area contributed by atoms with Gasteiger partial charge in [0.15, 0.2) is 0 Å². The van der Waals surface area contributed by atoms with Crippen LogP contribution in [0.3, 0.4) is 0 Å². The number of nitrogens with zero attached hydrogens (tertiary/aromatic N) is 1. The Morgan fingerprint density at radius 3 is 2.92 bits per heavy atom. The molecule has 2 rings (SSSR count). The molecule has 1 aromatic heterocycles. The average Bonchev–Trinajstić information content (AvgIpc) is 2.50. The Labute approximate surface area is 85.4 Å². The van der Waals surface area contributed by atoms with E-state index in [0.29, 0.717) is 0 Å². The van der Waals surface area contributed by atoms with Gasteiger partial charge in [0.2, 0.25) is 0 Å². The molecule has 0 saturated carbocycles. The van der Waals surface area contributed by atoms with Gasteiger partial charge in [0.1, 0.15) is 0 Å². The van der Waals surface area contributed by atoms with Gasteiger partial charge in [-0.2, -0.15) is 0 Å². The van der Waals surface area contributed by atoms with Gasteiger partial charge in [-0.3, -0.25) is 0 Å². The van der Waals surface area contributed by atoms with Crippen LogP contribution in [0.4, 0.5) is 0 Å². The highest BCUT2D eigenvalue weighted by Crippen LogP contribution is 2.22. The molecule has 0 amide bonds. The molecule has 0 radical (unpaired) electrons. The van der Waals surface area contributed by atoms with Gasteiger partial charge < -0.3 is 4.90 Å². The number of rotatable bonds is 0. The van der Waals surface area contributed by atoms with Crippen LogP contribution < -0.4 is 0 Å². The van der Waals surface area contributed by atoms with Gasteiger partial charge in [-0.1, -0.05) is 13.8 Å². The topological polar surface area (TPSA) is 3.24 Å². The van der Waals surface area contributed by atoms with Gasteiger partial charge in [0.25, 0.3) is 0 Å². The number of thiophene rings is 1. The minimum atomic E-state index is 1.15. The summed E-state index contributed by atoms with van der Waals surface area (Å²) in [5.74, 6) is 0. The smallest absolute Gasteiger partial charge is 0.0241 e. The Balaban J connectivity index is 0.000000396. The molecule has 0 spiro atoms. The van der Waals surface area contributed by atoms with Gasteiger partial charge in [0.05, 0.1) is 0 Å². The molecule has 0 aliphatic carbocycles. The first-order chi connectivity index (χ1) is 6.36. The SMILES string of the molecule is CC.CN1CCCc2sccc2C1. The first-order valence-electron chi connectivity index (χ1n) is 5.10. The predicted octanol–water partition coefficient (Wildman–Crippen LogP) is 3.15. The van der Waals surface area contributed by atoms with Crippen LogP contribution in [0, 0.1) is 0 Å². The zero-order chi connectivity index (χ0) is 9.68. The summed E-state index contributed by atoms with van der Waals surface area (Å²) in [7, 11) is 2.20. The molecule has 0 bridgehead atoms. The second kappa shape index (κ2) is 5.40. The summed E-state index contributed by atoms with van der Waals surface area (Å²) < 4.78 is 0. The molecule has 2 heteroatoms. The Kier molecular flexibility index (Phi) is 4.46. The Morgan fingerprint density at radius 1 is 1.38 bits per heavy atom. The highest BCUT2D eigenvalue weighted by molar-refractivity contribution is 7.10. The molecule has 0 fully saturated rings. The summed E-state index contributed by atoms with van der Waals surface area (Å²) in [6, 6.07) is 2.27. The summed E-state index contributed by atoms with van der Waals surface area (Å²) in [6.45, 7) is 6.40. The summed E-state index contributed by atoms with van der Waals surface area (Å²) in [5.41, 5.74) is 1.55. The number of hydrogen-bond donors (Lipinski definition) is 0. The van der Waals surface area contributed by atoms with Crippen LogP contribution in [0.15, 0.2) is 11.4 Å². The summed E-state index contributed by atoms with van der Waals surface area (Å²) >= 11 is 1.91. The van der Waals surface area contributed by atoms with Crippen LogP contribution in [0.2, 0.25) is 0 Å². The Hall–Kier alpha value is -0.340. The second-order valence-corrected chi connectivity index (χ2v) is 4.21. The van der Waals surface area contributed by atoms with Crippen molar-refractivity contribution in [2.75, 3.05) is 13.6 Å². The highest BCUT2D eigenvalue weighted by Gasteiger charge is 2.11. The molecular weight excluding hydrogens is 178 g/mol. The van der Waals surface area contributed by atoms with E-state index in [1.807, 2.05) is 25.2 Å². The minimum absolute atomic E-state index is 1.15. The Morgan fingerprint density at radius 2 is 2.15 bits per heavy atom. The van der Waals surface area contributed by atoms with Crippen LogP contribution in [0.5, 0.6) is 0 Å². The number of fused-ring (bicyclic) bond motifs is 1. The molecule has 0 unspecified atom stereocenters. The summed E-state index contributed by atoms with van der Waals surface area (Å²) in [6.07, 6.45) is 2.61. The van der Waals surface area contributed by atoms with Crippen molar-refractivity contribution in [3.8, 4) is 0 Å². The standard InChI is InChI=1S/C9H13NS.C2H6/c1-10-5-2-3-9-8(7-10)4-6-11-9;1-2/h4,6H,2-3,5,7H2,1H3;1-2H3. The van der Waals surface area contributed by atoms with E-state index < -0.39 is 0 Å². The van der Waals surface area contributed by atoms with Gasteiger partial charge in [-0.25, -0.2) is 0 Å². The number of hydrogen-bond acceptors (Lipinski definition) is 2. The van der Waals surface area contributed by atoms with Crippen molar-refractivity contribution in [2.45, 2.75) is 33.2 Å². The highest BCUT2D eigenvalue weighted by atomic mass is 32.1. The van der Waals surface area contributed by atoms with Crippen molar-refractivity contribution in [2.24, 2.45) is 0 Å². The van der Waals surface area contributed by atoms with Crippen molar-refractivity contribution >= 4 is 11.3 Å². The maximum Gasteiger partial charge on any atom is 0.0241 e. The van der Waals surface area contributed by atoms with E-state index in [4.69, 9.17) is 0 Å². The summed E-state index contributed by atoms with van der Waals surface area (Å²) in [4.78, 5) is 4.01. The molecule has 13 heavy (non-hydrogen) atoms. The lowest BCUT2D eigenvalue weighted by Crippen LogP contribution is -2.16. The van der Waals surface area contributed by atoms with Gasteiger partial charge in [-0.15, -0.1) is 11.3 Å². The second-order valence-electron chi connectivity index (χ2n) is 3.21. The average molecular weight is 197 g/mol. The van der Waals surface area contributed by atoms with Crippen molar-refractivity contribution in [1.82, 2.24) is 4.90 Å². The molecule has 1 nitrogen and oxygen atoms in total. The van der Waals surface area contributed by atoms with Crippen LogP contribution >= 0.6 is 11.3 Å². The van der Waals surface area contributed by atoms with Crippen LogP contribution in [0.1, 0.15) is 30.7 Å². The van der Waals surface area contributed by atoms with Gasteiger partial charge in [0, 0.05) is 11.4 Å². The molecule has 1 aromatic rings. The summed E-state index contributed by atoms with van der Waals surface area (Å²) in [5, 5.41) is 2.21. The largest absolute Gasteiger partial charge is 0.302 e. The van der Waals surface area contributed by atoms with E-state index in [-0.39, 0.29) is 0 Å². The molecular formula is C11H19NS. The molecule has 1 aliphatic heterocycles. The maximum atomic E-state index is 2.40. The predicted molar refractivity (Wildman–Crippen MR) is 60.3 cm³/mol. The van der Waals surface area contributed by atoms with Crippen LogP contribution in [0.25, 0.3) is 0 Å². The van der Waals surface area contributed by atoms with Crippen LogP contribution in [-0.4, -0.2) is 18.5 Å². The van der Waals surface area contributed by atoms with Crippen molar-refractivity contribution in [1.29, 1.82) is 0 Å². The van der Waals surface area contributed by atoms with Crippen molar-refractivity contribution in [3.63, 3.8) is 0 Å². The minimum Gasteiger partial charge on any atom is -0.302 e. The van der Waals surface area contributed by atoms with E-state index in [9.17, 15) is 0 Å². The molecule has 74 valence electrons. The van der Waals surface area contributed by atoms with E-state index in [0.717, 1.165) is 6.54 Å². The molecule has 0 aromatic carbocycles. The lowest BCUT2D eigenvalue weighted by Gasteiger charge is -2.11. The molecule has 0 saturated heterocycles. The van der Waals surface area contributed by atoms with E-state index in [1.165, 1.54) is 19.4 Å². The van der Waals surface area contributed by atoms with Crippen molar-refractivity contribution in [3.05, 3.63) is 21.9 Å². The first kappa shape index (κ1) is 10.7. The van der Waals surface area contributed by atoms with E-state index >= 15 is 0 Å². The zero-order valence-electron chi connectivity index (χ0n) is 8.84. The molecule has 2 heterocycles. The first-order valence-corrected chi connectivity index (χ1v) is 5.98. The molecule has 0 atom stereocenters. The third kappa shape index (κ3) is 2.82. The lowest BCUT2D eigenvalue weighted by molar-refractivity contribution is 0.332. The zero-order valence-corrected chi connectivity index (χ0v) is 9.66. The molecule has 0 N–H and O–H groups in total. The van der Waals surface area contributed by atoms with E-state index in [1.54, 1.807) is 10.4 Å². The normalized spacial score (nSPS) is 16.8. The van der Waals surface area contributed by atoms with E-state index in [2.05, 4.69) is 23.4 Å². The fraction of sp³-hybridized carbons (Fsp3) is 0.636. The van der Waals surface area contributed by atoms with Crippen molar-refractivity contribution < 1.29 is 0 Å². The molecule has 1 aliphatic rings.